The van der Waals surface area contributed by atoms with Crippen LogP contribution in [-0.4, -0.2) is 24.8 Å². The van der Waals surface area contributed by atoms with Crippen LogP contribution in [0.1, 0.15) is 18.4 Å². The number of aliphatic hydroxyl groups is 1. The van der Waals surface area contributed by atoms with E-state index in [0.29, 0.717) is 12.0 Å². The normalized spacial score (nSPS) is 11.4. The maximum atomic E-state index is 12.7. The SMILES string of the molecule is COC(=O)CC/C=C(\CO)c1ccc(F)cc1. The van der Waals surface area contributed by atoms with Gasteiger partial charge in [0.1, 0.15) is 5.82 Å². The number of rotatable bonds is 5. The summed E-state index contributed by atoms with van der Waals surface area (Å²) in [6.07, 6.45) is 2.51. The lowest BCUT2D eigenvalue weighted by molar-refractivity contribution is -0.140. The summed E-state index contributed by atoms with van der Waals surface area (Å²) < 4.78 is 17.2. The summed E-state index contributed by atoms with van der Waals surface area (Å²) in [5, 5.41) is 9.19. The van der Waals surface area contributed by atoms with Crippen molar-refractivity contribution in [1.82, 2.24) is 0 Å². The quantitative estimate of drug-likeness (QED) is 0.799. The molecule has 0 aromatic heterocycles. The lowest BCUT2D eigenvalue weighted by Crippen LogP contribution is -1.99. The van der Waals surface area contributed by atoms with Crippen molar-refractivity contribution in [2.75, 3.05) is 13.7 Å². The van der Waals surface area contributed by atoms with Crippen LogP contribution in [0.15, 0.2) is 30.3 Å². The minimum Gasteiger partial charge on any atom is -0.469 e. The zero-order valence-corrected chi connectivity index (χ0v) is 9.65. The first-order chi connectivity index (χ1) is 8.17. The number of hydrogen-bond acceptors (Lipinski definition) is 3. The highest BCUT2D eigenvalue weighted by atomic mass is 19.1. The number of carbonyl (C=O) groups is 1. The second-order valence-electron chi connectivity index (χ2n) is 3.51. The molecule has 1 aromatic carbocycles. The smallest absolute Gasteiger partial charge is 0.305 e. The summed E-state index contributed by atoms with van der Waals surface area (Å²) in [4.78, 5) is 10.9. The molecule has 92 valence electrons. The zero-order valence-electron chi connectivity index (χ0n) is 9.65. The predicted molar refractivity (Wildman–Crippen MR) is 62.7 cm³/mol. The Labute approximate surface area is 99.5 Å². The fourth-order valence-corrected chi connectivity index (χ4v) is 1.40. The van der Waals surface area contributed by atoms with Crippen LogP contribution in [0, 0.1) is 5.82 Å². The van der Waals surface area contributed by atoms with E-state index in [2.05, 4.69) is 4.74 Å². The summed E-state index contributed by atoms with van der Waals surface area (Å²) in [5.41, 5.74) is 1.42. The molecule has 0 heterocycles. The van der Waals surface area contributed by atoms with E-state index in [4.69, 9.17) is 0 Å². The number of aliphatic hydroxyl groups excluding tert-OH is 1. The third-order valence-corrected chi connectivity index (χ3v) is 2.35. The molecule has 1 rings (SSSR count). The van der Waals surface area contributed by atoms with E-state index in [-0.39, 0.29) is 24.8 Å². The molecule has 17 heavy (non-hydrogen) atoms. The van der Waals surface area contributed by atoms with Crippen molar-refractivity contribution < 1.29 is 19.0 Å². The number of ether oxygens (including phenoxy) is 1. The summed E-state index contributed by atoms with van der Waals surface area (Å²) in [6, 6.07) is 5.85. The fourth-order valence-electron chi connectivity index (χ4n) is 1.40. The number of benzene rings is 1. The molecule has 0 saturated heterocycles. The number of carbonyl (C=O) groups excluding carboxylic acids is 1. The fraction of sp³-hybridized carbons (Fsp3) is 0.308. The van der Waals surface area contributed by atoms with E-state index in [9.17, 15) is 14.3 Å². The highest BCUT2D eigenvalue weighted by Crippen LogP contribution is 2.15. The molecule has 0 spiro atoms. The van der Waals surface area contributed by atoms with Gasteiger partial charge >= 0.3 is 5.97 Å². The van der Waals surface area contributed by atoms with Crippen LogP contribution in [0.5, 0.6) is 0 Å². The largest absolute Gasteiger partial charge is 0.469 e. The number of methoxy groups -OCH3 is 1. The Morgan fingerprint density at radius 2 is 2.06 bits per heavy atom. The minimum atomic E-state index is -0.319. The van der Waals surface area contributed by atoms with E-state index in [1.165, 1.54) is 19.2 Å². The average Bonchev–Trinajstić information content (AvgIpc) is 2.35. The Hall–Kier alpha value is -1.68. The Balaban J connectivity index is 2.67. The van der Waals surface area contributed by atoms with Gasteiger partial charge < -0.3 is 9.84 Å². The van der Waals surface area contributed by atoms with Crippen molar-refractivity contribution in [3.8, 4) is 0 Å². The first-order valence-corrected chi connectivity index (χ1v) is 5.30. The Morgan fingerprint density at radius 3 is 2.59 bits per heavy atom. The van der Waals surface area contributed by atoms with E-state index in [1.54, 1.807) is 18.2 Å². The van der Waals surface area contributed by atoms with Crippen molar-refractivity contribution in [3.05, 3.63) is 41.7 Å². The monoisotopic (exact) mass is 238 g/mol. The van der Waals surface area contributed by atoms with Gasteiger partial charge in [0.25, 0.3) is 0 Å². The van der Waals surface area contributed by atoms with Crippen molar-refractivity contribution in [1.29, 1.82) is 0 Å². The topological polar surface area (TPSA) is 46.5 Å². The van der Waals surface area contributed by atoms with Crippen LogP contribution in [0.2, 0.25) is 0 Å². The van der Waals surface area contributed by atoms with Gasteiger partial charge in [-0.05, 0) is 29.7 Å². The van der Waals surface area contributed by atoms with Crippen LogP contribution in [-0.2, 0) is 9.53 Å². The van der Waals surface area contributed by atoms with Crippen molar-refractivity contribution >= 4 is 11.5 Å². The summed E-state index contributed by atoms with van der Waals surface area (Å²) in [6.45, 7) is -0.146. The maximum Gasteiger partial charge on any atom is 0.305 e. The van der Waals surface area contributed by atoms with Gasteiger partial charge in [-0.25, -0.2) is 4.39 Å². The first kappa shape index (κ1) is 13.4. The van der Waals surface area contributed by atoms with Gasteiger partial charge in [0.2, 0.25) is 0 Å². The summed E-state index contributed by atoms with van der Waals surface area (Å²) in [5.74, 6) is -0.613. The molecule has 0 bridgehead atoms. The van der Waals surface area contributed by atoms with Gasteiger partial charge in [-0.3, -0.25) is 4.79 Å². The molecular formula is C13H15FO3. The molecule has 0 atom stereocenters. The highest BCUT2D eigenvalue weighted by Gasteiger charge is 2.02. The third kappa shape index (κ3) is 4.36. The van der Waals surface area contributed by atoms with Gasteiger partial charge in [-0.1, -0.05) is 18.2 Å². The van der Waals surface area contributed by atoms with Crippen molar-refractivity contribution in [2.24, 2.45) is 0 Å². The zero-order chi connectivity index (χ0) is 12.7. The summed E-state index contributed by atoms with van der Waals surface area (Å²) in [7, 11) is 1.33. The molecule has 0 unspecified atom stereocenters. The molecule has 0 aliphatic carbocycles. The Morgan fingerprint density at radius 1 is 1.41 bits per heavy atom. The van der Waals surface area contributed by atoms with Crippen LogP contribution < -0.4 is 0 Å². The maximum absolute atomic E-state index is 12.7. The second-order valence-corrected chi connectivity index (χ2v) is 3.51. The van der Waals surface area contributed by atoms with Gasteiger partial charge in [0.05, 0.1) is 13.7 Å². The molecule has 1 N–H and O–H groups in total. The standard InChI is InChI=1S/C13H15FO3/c1-17-13(16)4-2-3-11(9-15)10-5-7-12(14)8-6-10/h3,5-8,15H,2,4,9H2,1H3/b11-3+. The van der Waals surface area contributed by atoms with Crippen LogP contribution in [0.25, 0.3) is 5.57 Å². The lowest BCUT2D eigenvalue weighted by Gasteiger charge is -2.04. The number of allylic oxidation sites excluding steroid dienone is 1. The van der Waals surface area contributed by atoms with E-state index < -0.39 is 0 Å². The molecule has 0 amide bonds. The molecule has 4 heteroatoms. The molecule has 0 aliphatic heterocycles. The van der Waals surface area contributed by atoms with Gasteiger partial charge in [0, 0.05) is 6.42 Å². The van der Waals surface area contributed by atoms with Gasteiger partial charge in [-0.15, -0.1) is 0 Å². The molecule has 1 aromatic rings. The average molecular weight is 238 g/mol. The number of esters is 1. The molecule has 0 radical (unpaired) electrons. The third-order valence-electron chi connectivity index (χ3n) is 2.35. The van der Waals surface area contributed by atoms with Crippen LogP contribution in [0.3, 0.4) is 0 Å². The number of hydrogen-bond donors (Lipinski definition) is 1. The molecule has 0 aliphatic rings. The van der Waals surface area contributed by atoms with Gasteiger partial charge in [0.15, 0.2) is 0 Å². The lowest BCUT2D eigenvalue weighted by atomic mass is 10.0. The molecule has 0 saturated carbocycles. The molecule has 0 fully saturated rings. The summed E-state index contributed by atoms with van der Waals surface area (Å²) >= 11 is 0. The highest BCUT2D eigenvalue weighted by molar-refractivity contribution is 5.70. The van der Waals surface area contributed by atoms with Crippen LogP contribution in [0.4, 0.5) is 4.39 Å². The minimum absolute atomic E-state index is 0.146. The Bertz CT molecular complexity index is 396. The van der Waals surface area contributed by atoms with Gasteiger partial charge in [-0.2, -0.15) is 0 Å². The van der Waals surface area contributed by atoms with Crippen molar-refractivity contribution in [3.63, 3.8) is 0 Å². The predicted octanol–water partition coefficient (Wildman–Crippen LogP) is 2.15. The first-order valence-electron chi connectivity index (χ1n) is 5.30. The van der Waals surface area contributed by atoms with Crippen molar-refractivity contribution in [2.45, 2.75) is 12.8 Å². The second kappa shape index (κ2) is 6.81. The van der Waals surface area contributed by atoms with Crippen LogP contribution >= 0.6 is 0 Å². The van der Waals surface area contributed by atoms with E-state index >= 15 is 0 Å². The molecular weight excluding hydrogens is 223 g/mol. The van der Waals surface area contributed by atoms with E-state index in [0.717, 1.165) is 5.56 Å². The van der Waals surface area contributed by atoms with E-state index in [1.807, 2.05) is 0 Å². The molecule has 3 nitrogen and oxygen atoms in total. The number of halogens is 1. The Kier molecular flexibility index (Phi) is 5.36.